The van der Waals surface area contributed by atoms with Gasteiger partial charge in [-0.25, -0.2) is 4.98 Å². The largest absolute Gasteiger partial charge is 0.473 e. The van der Waals surface area contributed by atoms with E-state index in [0.29, 0.717) is 24.7 Å². The molecular weight excluding hydrogens is 214 g/mol. The van der Waals surface area contributed by atoms with Crippen molar-refractivity contribution in [3.63, 3.8) is 0 Å². The number of hydrogen-bond acceptors (Lipinski definition) is 4. The van der Waals surface area contributed by atoms with E-state index >= 15 is 0 Å². The monoisotopic (exact) mass is 229 g/mol. The number of ether oxygens (including phenoxy) is 1. The first-order valence-corrected chi connectivity index (χ1v) is 5.40. The molecule has 1 heterocycles. The van der Waals surface area contributed by atoms with Crippen LogP contribution in [0.25, 0.3) is 0 Å². The van der Waals surface area contributed by atoms with Gasteiger partial charge in [0.05, 0.1) is 0 Å². The van der Waals surface area contributed by atoms with E-state index in [1.54, 1.807) is 18.3 Å². The molecule has 17 heavy (non-hydrogen) atoms. The number of nitrogens with zero attached hydrogens (tertiary/aromatic N) is 1. The molecule has 0 aliphatic rings. The Balaban J connectivity index is 1.97. The van der Waals surface area contributed by atoms with Crippen LogP contribution in [0.3, 0.4) is 0 Å². The molecule has 0 spiro atoms. The molecule has 1 aromatic carbocycles. The highest BCUT2D eigenvalue weighted by Crippen LogP contribution is 2.13. The Kier molecular flexibility index (Phi) is 3.57. The summed E-state index contributed by atoms with van der Waals surface area (Å²) in [5.41, 5.74) is 14.0. The first kappa shape index (κ1) is 11.4. The van der Waals surface area contributed by atoms with Gasteiger partial charge in [0.25, 0.3) is 0 Å². The minimum absolute atomic E-state index is 0.474. The van der Waals surface area contributed by atoms with Gasteiger partial charge >= 0.3 is 0 Å². The van der Waals surface area contributed by atoms with Crippen molar-refractivity contribution in [1.29, 1.82) is 0 Å². The van der Waals surface area contributed by atoms with Gasteiger partial charge < -0.3 is 16.2 Å². The van der Waals surface area contributed by atoms with Crippen LogP contribution < -0.4 is 16.2 Å². The molecule has 2 aromatic rings. The minimum Gasteiger partial charge on any atom is -0.473 e. The molecule has 2 rings (SSSR count). The van der Waals surface area contributed by atoms with Crippen molar-refractivity contribution in [1.82, 2.24) is 4.98 Å². The first-order valence-electron chi connectivity index (χ1n) is 5.40. The molecule has 4 nitrogen and oxygen atoms in total. The molecule has 0 aliphatic heterocycles. The van der Waals surface area contributed by atoms with Crippen molar-refractivity contribution in [3.8, 4) is 5.88 Å². The molecule has 0 saturated heterocycles. The number of benzene rings is 1. The first-order chi connectivity index (χ1) is 8.28. The second-order valence-electron chi connectivity index (χ2n) is 3.74. The summed E-state index contributed by atoms with van der Waals surface area (Å²) >= 11 is 0. The zero-order chi connectivity index (χ0) is 12.1. The van der Waals surface area contributed by atoms with Gasteiger partial charge in [0.1, 0.15) is 6.61 Å². The fourth-order valence-electron chi connectivity index (χ4n) is 1.43. The van der Waals surface area contributed by atoms with E-state index in [1.165, 1.54) is 0 Å². The summed E-state index contributed by atoms with van der Waals surface area (Å²) in [7, 11) is 0. The molecule has 0 bridgehead atoms. The number of pyridine rings is 1. The van der Waals surface area contributed by atoms with Crippen LogP contribution in [0.5, 0.6) is 5.88 Å². The van der Waals surface area contributed by atoms with Crippen LogP contribution in [-0.4, -0.2) is 4.98 Å². The van der Waals surface area contributed by atoms with Crippen molar-refractivity contribution < 1.29 is 4.74 Å². The molecule has 0 saturated carbocycles. The second-order valence-corrected chi connectivity index (χ2v) is 3.74. The van der Waals surface area contributed by atoms with Crippen molar-refractivity contribution in [2.45, 2.75) is 13.2 Å². The summed E-state index contributed by atoms with van der Waals surface area (Å²) in [6, 6.07) is 11.4. The summed E-state index contributed by atoms with van der Waals surface area (Å²) < 4.78 is 5.52. The van der Waals surface area contributed by atoms with Crippen molar-refractivity contribution in [2.75, 3.05) is 5.73 Å². The maximum absolute atomic E-state index is 5.63. The third kappa shape index (κ3) is 3.19. The molecule has 0 radical (unpaired) electrons. The smallest absolute Gasteiger partial charge is 0.215 e. The third-order valence-corrected chi connectivity index (χ3v) is 2.40. The van der Waals surface area contributed by atoms with Crippen LogP contribution in [-0.2, 0) is 13.2 Å². The van der Waals surface area contributed by atoms with Gasteiger partial charge in [0.15, 0.2) is 0 Å². The molecule has 0 aliphatic carbocycles. The van der Waals surface area contributed by atoms with Gasteiger partial charge in [-0.2, -0.15) is 0 Å². The molecule has 1 aromatic heterocycles. The van der Waals surface area contributed by atoms with Crippen LogP contribution in [0.4, 0.5) is 5.69 Å². The molecule has 4 heteroatoms. The quantitative estimate of drug-likeness (QED) is 0.836. The average molecular weight is 229 g/mol. The lowest BCUT2D eigenvalue weighted by Crippen LogP contribution is -1.99. The van der Waals surface area contributed by atoms with Crippen LogP contribution in [0, 0.1) is 0 Å². The maximum Gasteiger partial charge on any atom is 0.215 e. The van der Waals surface area contributed by atoms with Gasteiger partial charge in [-0.3, -0.25) is 0 Å². The number of nitrogen functional groups attached to an aromatic ring is 1. The molecule has 0 unspecified atom stereocenters. The normalized spacial score (nSPS) is 10.2. The van der Waals surface area contributed by atoms with E-state index in [1.807, 2.05) is 24.3 Å². The lowest BCUT2D eigenvalue weighted by atomic mass is 10.1. The zero-order valence-electron chi connectivity index (χ0n) is 9.47. The van der Waals surface area contributed by atoms with E-state index in [2.05, 4.69) is 4.98 Å². The van der Waals surface area contributed by atoms with E-state index in [9.17, 15) is 0 Å². The Morgan fingerprint density at radius 3 is 2.41 bits per heavy atom. The number of anilines is 1. The molecule has 0 amide bonds. The minimum atomic E-state index is 0.474. The number of hydrogen-bond donors (Lipinski definition) is 2. The third-order valence-electron chi connectivity index (χ3n) is 2.40. The van der Waals surface area contributed by atoms with E-state index in [-0.39, 0.29) is 0 Å². The van der Waals surface area contributed by atoms with E-state index < -0.39 is 0 Å². The Morgan fingerprint density at radius 2 is 1.76 bits per heavy atom. The number of aromatic nitrogens is 1. The fraction of sp³-hybridized carbons (Fsp3) is 0.154. The summed E-state index contributed by atoms with van der Waals surface area (Å²) in [4.78, 5) is 4.07. The fourth-order valence-corrected chi connectivity index (χ4v) is 1.43. The number of rotatable bonds is 4. The van der Waals surface area contributed by atoms with Gasteiger partial charge in [-0.15, -0.1) is 0 Å². The Labute approximate surface area is 100 Å². The summed E-state index contributed by atoms with van der Waals surface area (Å²) in [5.74, 6) is 0.535. The second kappa shape index (κ2) is 5.32. The predicted molar refractivity (Wildman–Crippen MR) is 67.3 cm³/mol. The van der Waals surface area contributed by atoms with Gasteiger partial charge in [0, 0.05) is 24.5 Å². The predicted octanol–water partition coefficient (Wildman–Crippen LogP) is 1.70. The molecule has 0 atom stereocenters. The van der Waals surface area contributed by atoms with Crippen molar-refractivity contribution in [3.05, 3.63) is 53.7 Å². The maximum atomic E-state index is 5.63. The lowest BCUT2D eigenvalue weighted by Gasteiger charge is -2.06. The van der Waals surface area contributed by atoms with Crippen LogP contribution in [0.1, 0.15) is 11.1 Å². The Morgan fingerprint density at radius 1 is 1.06 bits per heavy atom. The number of nitrogens with two attached hydrogens (primary N) is 2. The Hall–Kier alpha value is -2.07. The standard InChI is InChI=1S/C13H15N3O/c14-8-10-1-3-11(4-2-10)9-17-13-7-12(15)5-6-16-13/h1-7H,8-9,14H2,(H2,15,16). The van der Waals surface area contributed by atoms with Crippen molar-refractivity contribution >= 4 is 5.69 Å². The molecular formula is C13H15N3O. The van der Waals surface area contributed by atoms with Crippen LogP contribution in [0.2, 0.25) is 0 Å². The summed E-state index contributed by atoms with van der Waals surface area (Å²) in [5, 5.41) is 0. The van der Waals surface area contributed by atoms with Gasteiger partial charge in [0.2, 0.25) is 5.88 Å². The highest BCUT2D eigenvalue weighted by molar-refractivity contribution is 5.39. The highest BCUT2D eigenvalue weighted by atomic mass is 16.5. The average Bonchev–Trinajstić information content (AvgIpc) is 2.37. The van der Waals surface area contributed by atoms with Crippen LogP contribution >= 0.6 is 0 Å². The summed E-state index contributed by atoms with van der Waals surface area (Å²) in [6.45, 7) is 1.03. The highest BCUT2D eigenvalue weighted by Gasteiger charge is 1.98. The Bertz CT molecular complexity index is 482. The molecule has 0 fully saturated rings. The van der Waals surface area contributed by atoms with E-state index in [4.69, 9.17) is 16.2 Å². The molecule has 88 valence electrons. The summed E-state index contributed by atoms with van der Waals surface area (Å²) in [6.07, 6.45) is 1.63. The lowest BCUT2D eigenvalue weighted by molar-refractivity contribution is 0.294. The SMILES string of the molecule is NCc1ccc(COc2cc(N)ccn2)cc1. The topological polar surface area (TPSA) is 74.2 Å². The van der Waals surface area contributed by atoms with Crippen LogP contribution in [0.15, 0.2) is 42.6 Å². The van der Waals surface area contributed by atoms with Gasteiger partial charge in [-0.05, 0) is 17.2 Å². The van der Waals surface area contributed by atoms with E-state index in [0.717, 1.165) is 11.1 Å². The van der Waals surface area contributed by atoms with Gasteiger partial charge in [-0.1, -0.05) is 24.3 Å². The zero-order valence-corrected chi connectivity index (χ0v) is 9.47. The molecule has 4 N–H and O–H groups in total. The van der Waals surface area contributed by atoms with Crippen molar-refractivity contribution in [2.24, 2.45) is 5.73 Å².